The van der Waals surface area contributed by atoms with Crippen LogP contribution in [0.2, 0.25) is 0 Å². The van der Waals surface area contributed by atoms with Crippen molar-refractivity contribution in [1.82, 2.24) is 9.55 Å². The summed E-state index contributed by atoms with van der Waals surface area (Å²) in [5, 5.41) is 10.8. The predicted octanol–water partition coefficient (Wildman–Crippen LogP) is 0.877. The molecule has 3 aromatic rings. The molecule has 0 spiro atoms. The van der Waals surface area contributed by atoms with E-state index in [-0.39, 0.29) is 12.2 Å². The molecule has 1 aliphatic heterocycles. The van der Waals surface area contributed by atoms with Gasteiger partial charge in [0.15, 0.2) is 12.3 Å². The fourth-order valence-corrected chi connectivity index (χ4v) is 3.42. The highest BCUT2D eigenvalue weighted by atomic mass is 16.6. The smallest absolute Gasteiger partial charge is 0.338 e. The average molecular weight is 452 g/mol. The number of benzene rings is 2. The number of H-pyrrole nitrogens is 1. The normalized spacial score (nSPS) is 22.0. The summed E-state index contributed by atoms with van der Waals surface area (Å²) in [6.45, 7) is -0.358. The lowest BCUT2D eigenvalue weighted by atomic mass is 10.1. The monoisotopic (exact) mass is 452 g/mol. The summed E-state index contributed by atoms with van der Waals surface area (Å²) < 4.78 is 17.5. The number of aromatic nitrogens is 2. The topological polar surface area (TPSA) is 137 Å². The Morgan fingerprint density at radius 1 is 0.939 bits per heavy atom. The van der Waals surface area contributed by atoms with Crippen LogP contribution in [0.4, 0.5) is 0 Å². The molecule has 4 atom stereocenters. The molecule has 1 aliphatic rings. The molecule has 1 saturated heterocycles. The number of esters is 2. The molecule has 4 rings (SSSR count). The van der Waals surface area contributed by atoms with Crippen molar-refractivity contribution in [2.75, 3.05) is 6.61 Å². The number of nitrogens with zero attached hydrogens (tertiary/aromatic N) is 1. The number of ether oxygens (including phenoxy) is 3. The standard InChI is InChI=1S/C23H20N2O8/c26-17-11-12-25(23(30)24-17)20-19(33-22(29)15-9-5-2-6-10-15)18(27)16(32-20)13-31-21(28)14-7-3-1-4-8-14/h1-12,16,18-20,27H,13H2,(H,24,26,30)/t16-,18-,19-,20-/m0/s1. The lowest BCUT2D eigenvalue weighted by molar-refractivity contribution is -0.0636. The number of rotatable bonds is 6. The molecular formula is C23H20N2O8. The predicted molar refractivity (Wildman–Crippen MR) is 114 cm³/mol. The first kappa shape index (κ1) is 22.2. The molecule has 2 heterocycles. The van der Waals surface area contributed by atoms with E-state index in [1.165, 1.54) is 18.3 Å². The van der Waals surface area contributed by atoms with Crippen LogP contribution >= 0.6 is 0 Å². The summed E-state index contributed by atoms with van der Waals surface area (Å²) in [6.07, 6.45) is -3.94. The quantitative estimate of drug-likeness (QED) is 0.526. The molecule has 0 aliphatic carbocycles. The summed E-state index contributed by atoms with van der Waals surface area (Å²) in [6, 6.07) is 17.4. The van der Waals surface area contributed by atoms with Crippen LogP contribution in [0.5, 0.6) is 0 Å². The second-order valence-electron chi connectivity index (χ2n) is 7.27. The van der Waals surface area contributed by atoms with Gasteiger partial charge >= 0.3 is 17.6 Å². The van der Waals surface area contributed by atoms with Gasteiger partial charge < -0.3 is 19.3 Å². The Morgan fingerprint density at radius 3 is 2.15 bits per heavy atom. The zero-order valence-corrected chi connectivity index (χ0v) is 17.2. The molecule has 0 amide bonds. The maximum atomic E-state index is 12.6. The minimum Gasteiger partial charge on any atom is -0.459 e. The second kappa shape index (κ2) is 9.63. The first-order valence-corrected chi connectivity index (χ1v) is 10.1. The number of carbonyl (C=O) groups is 2. The zero-order chi connectivity index (χ0) is 23.4. The summed E-state index contributed by atoms with van der Waals surface area (Å²) in [7, 11) is 0. The van der Waals surface area contributed by atoms with Gasteiger partial charge in [0.2, 0.25) is 0 Å². The van der Waals surface area contributed by atoms with Crippen LogP contribution in [0, 0.1) is 0 Å². The van der Waals surface area contributed by atoms with E-state index in [2.05, 4.69) is 4.98 Å². The van der Waals surface area contributed by atoms with Crippen molar-refractivity contribution >= 4 is 11.9 Å². The maximum Gasteiger partial charge on any atom is 0.338 e. The van der Waals surface area contributed by atoms with Gasteiger partial charge in [-0.05, 0) is 24.3 Å². The first-order valence-electron chi connectivity index (χ1n) is 10.1. The van der Waals surface area contributed by atoms with Gasteiger partial charge in [-0.1, -0.05) is 36.4 Å². The SMILES string of the molecule is O=C(OC[C@@H]1O[C@H](n2ccc(=O)[nH]c2=O)[C@@H](OC(=O)c2ccccc2)[C@H]1O)c1ccccc1. The average Bonchev–Trinajstić information content (AvgIpc) is 3.13. The van der Waals surface area contributed by atoms with E-state index in [9.17, 15) is 24.3 Å². The summed E-state index contributed by atoms with van der Waals surface area (Å²) in [4.78, 5) is 50.7. The maximum absolute atomic E-state index is 12.6. The Kier molecular flexibility index (Phi) is 6.48. The van der Waals surface area contributed by atoms with Gasteiger partial charge in [0.25, 0.3) is 5.56 Å². The van der Waals surface area contributed by atoms with E-state index in [0.29, 0.717) is 5.56 Å². The van der Waals surface area contributed by atoms with Gasteiger partial charge in [-0.15, -0.1) is 0 Å². The van der Waals surface area contributed by atoms with Gasteiger partial charge in [-0.3, -0.25) is 14.3 Å². The third-order valence-corrected chi connectivity index (χ3v) is 5.08. The molecule has 0 bridgehead atoms. The van der Waals surface area contributed by atoms with E-state index < -0.39 is 47.7 Å². The molecular weight excluding hydrogens is 432 g/mol. The number of aliphatic hydroxyl groups is 1. The van der Waals surface area contributed by atoms with E-state index >= 15 is 0 Å². The van der Waals surface area contributed by atoms with E-state index in [1.807, 2.05) is 0 Å². The third-order valence-electron chi connectivity index (χ3n) is 5.08. The van der Waals surface area contributed by atoms with Crippen LogP contribution in [0.25, 0.3) is 0 Å². The summed E-state index contributed by atoms with van der Waals surface area (Å²) in [5.41, 5.74) is -0.898. The Balaban J connectivity index is 1.56. The number of carbonyl (C=O) groups excluding carboxylic acids is 2. The molecule has 2 N–H and O–H groups in total. The van der Waals surface area contributed by atoms with Crippen LogP contribution in [0.3, 0.4) is 0 Å². The van der Waals surface area contributed by atoms with Crippen molar-refractivity contribution in [1.29, 1.82) is 0 Å². The van der Waals surface area contributed by atoms with Crippen molar-refractivity contribution in [2.45, 2.75) is 24.5 Å². The van der Waals surface area contributed by atoms with Crippen LogP contribution in [0.1, 0.15) is 26.9 Å². The van der Waals surface area contributed by atoms with Gasteiger partial charge in [0.05, 0.1) is 11.1 Å². The Morgan fingerprint density at radius 2 is 1.55 bits per heavy atom. The third kappa shape index (κ3) is 4.92. The molecule has 1 fully saturated rings. The fraction of sp³-hybridized carbons (Fsp3) is 0.217. The Hall–Kier alpha value is -4.02. The van der Waals surface area contributed by atoms with Gasteiger partial charge in [-0.2, -0.15) is 0 Å². The van der Waals surface area contributed by atoms with E-state index in [0.717, 1.165) is 10.6 Å². The first-order chi connectivity index (χ1) is 15.9. The van der Waals surface area contributed by atoms with Gasteiger partial charge in [0.1, 0.15) is 18.8 Å². The zero-order valence-electron chi connectivity index (χ0n) is 17.2. The summed E-state index contributed by atoms with van der Waals surface area (Å²) >= 11 is 0. The van der Waals surface area contributed by atoms with Crippen molar-refractivity contribution in [2.24, 2.45) is 0 Å². The highest BCUT2D eigenvalue weighted by Crippen LogP contribution is 2.32. The molecule has 10 heteroatoms. The van der Waals surface area contributed by atoms with Crippen LogP contribution < -0.4 is 11.2 Å². The molecule has 0 saturated carbocycles. The molecule has 0 unspecified atom stereocenters. The van der Waals surface area contributed by atoms with Crippen molar-refractivity contribution in [3.8, 4) is 0 Å². The second-order valence-corrected chi connectivity index (χ2v) is 7.27. The molecule has 10 nitrogen and oxygen atoms in total. The van der Waals surface area contributed by atoms with Crippen LogP contribution in [-0.2, 0) is 14.2 Å². The van der Waals surface area contributed by atoms with Crippen molar-refractivity contribution < 1.29 is 28.9 Å². The minimum absolute atomic E-state index is 0.233. The lowest BCUT2D eigenvalue weighted by Crippen LogP contribution is -2.40. The molecule has 33 heavy (non-hydrogen) atoms. The highest BCUT2D eigenvalue weighted by molar-refractivity contribution is 5.89. The van der Waals surface area contributed by atoms with Crippen LogP contribution in [0.15, 0.2) is 82.5 Å². The largest absolute Gasteiger partial charge is 0.459 e. The lowest BCUT2D eigenvalue weighted by Gasteiger charge is -2.22. The van der Waals surface area contributed by atoms with Gasteiger partial charge in [0, 0.05) is 12.3 Å². The van der Waals surface area contributed by atoms with E-state index in [4.69, 9.17) is 14.2 Å². The summed E-state index contributed by atoms with van der Waals surface area (Å²) in [5.74, 6) is -1.37. The minimum atomic E-state index is -1.43. The molecule has 0 radical (unpaired) electrons. The number of hydrogen-bond acceptors (Lipinski definition) is 8. The Bertz CT molecular complexity index is 1240. The number of nitrogens with one attached hydrogen (secondary N) is 1. The van der Waals surface area contributed by atoms with E-state index in [1.54, 1.807) is 48.5 Å². The number of aromatic amines is 1. The van der Waals surface area contributed by atoms with Crippen LogP contribution in [-0.4, -0.2) is 51.5 Å². The Labute approximate surface area is 187 Å². The number of hydrogen-bond donors (Lipinski definition) is 2. The number of aliphatic hydroxyl groups excluding tert-OH is 1. The van der Waals surface area contributed by atoms with Crippen molar-refractivity contribution in [3.63, 3.8) is 0 Å². The van der Waals surface area contributed by atoms with Gasteiger partial charge in [-0.25, -0.2) is 14.4 Å². The molecule has 170 valence electrons. The molecule has 1 aromatic heterocycles. The fourth-order valence-electron chi connectivity index (χ4n) is 3.42. The molecule has 2 aromatic carbocycles. The highest BCUT2D eigenvalue weighted by Gasteiger charge is 2.48. The van der Waals surface area contributed by atoms with Crippen molar-refractivity contribution in [3.05, 3.63) is 105 Å².